The molecule has 0 amide bonds. The Balaban J connectivity index is 0.000000460. The maximum absolute atomic E-state index is 12.7. The first kappa shape index (κ1) is 56.8. The first-order valence-electron chi connectivity index (χ1n) is 19.2. The van der Waals surface area contributed by atoms with Crippen LogP contribution in [-0.2, 0) is 49.0 Å². The van der Waals surface area contributed by atoms with Gasteiger partial charge in [0.2, 0.25) is 0 Å². The fraction of sp³-hybridized carbons (Fsp3) is 0.415. The van der Waals surface area contributed by atoms with Crippen molar-refractivity contribution in [3.63, 3.8) is 0 Å². The molecule has 0 saturated heterocycles. The molecule has 0 radical (unpaired) electrons. The molecule has 2 aliphatic rings. The van der Waals surface area contributed by atoms with Crippen LogP contribution in [0.1, 0.15) is 95.1 Å². The number of nitriles is 1. The van der Waals surface area contributed by atoms with Crippen molar-refractivity contribution in [1.82, 2.24) is 38.3 Å². The maximum atomic E-state index is 12.7. The molecule has 21 heteroatoms. The predicted molar refractivity (Wildman–Crippen MR) is 233 cm³/mol. The molecule has 16 nitrogen and oxygen atoms in total. The van der Waals surface area contributed by atoms with Gasteiger partial charge in [0, 0.05) is 67.4 Å². The number of carbonyl (C=O) groups is 1. The minimum atomic E-state index is -0.181. The first-order valence-corrected chi connectivity index (χ1v) is 20.5. The molecule has 0 atom stereocenters. The number of nitrogens with one attached hydrogen (secondary N) is 1. The number of aryl methyl sites for hydroxylation is 2. The quantitative estimate of drug-likeness (QED) is 0.104. The van der Waals surface area contributed by atoms with Gasteiger partial charge < -0.3 is 21.8 Å². The van der Waals surface area contributed by atoms with Gasteiger partial charge in [0.1, 0.15) is 17.5 Å². The Hall–Kier alpha value is -1.37. The third-order valence-corrected chi connectivity index (χ3v) is 10.3. The van der Waals surface area contributed by atoms with Gasteiger partial charge in [-0.1, -0.05) is 50.9 Å². The fourth-order valence-electron chi connectivity index (χ4n) is 6.63. The largest absolute Gasteiger partial charge is 1.00 e. The Morgan fingerprint density at radius 2 is 1.35 bits per heavy atom. The van der Waals surface area contributed by atoms with Crippen molar-refractivity contribution in [2.24, 2.45) is 14.1 Å². The maximum Gasteiger partial charge on any atom is 1.00 e. The summed E-state index contributed by atoms with van der Waals surface area (Å²) in [4.78, 5) is 46.8. The number of hydrogen-bond acceptors (Lipinski definition) is 12. The molecule has 0 saturated carbocycles. The minimum Gasteiger partial charge on any atom is -1.00 e. The van der Waals surface area contributed by atoms with Gasteiger partial charge in [-0.15, -0.1) is 11.6 Å². The van der Waals surface area contributed by atoms with Crippen LogP contribution in [-0.4, -0.2) is 57.9 Å². The Bertz CT molecular complexity index is 2580. The van der Waals surface area contributed by atoms with Crippen molar-refractivity contribution in [3.8, 4) is 6.07 Å². The van der Waals surface area contributed by atoms with Crippen LogP contribution in [0.2, 0.25) is 10.0 Å². The summed E-state index contributed by atoms with van der Waals surface area (Å²) in [6, 6.07) is 13.8. The average Bonchev–Trinajstić information content (AvgIpc) is 3.87. The van der Waals surface area contributed by atoms with Crippen LogP contribution in [0.3, 0.4) is 0 Å². The molecule has 322 valence electrons. The Morgan fingerprint density at radius 1 is 0.871 bits per heavy atom. The van der Waals surface area contributed by atoms with E-state index < -0.39 is 0 Å². The Kier molecular flexibility index (Phi) is 25.6. The number of anilines is 2. The number of nitrogens with zero attached hydrogens (tertiary/aromatic N) is 10. The van der Waals surface area contributed by atoms with Gasteiger partial charge in [-0.3, -0.25) is 23.5 Å². The van der Waals surface area contributed by atoms with Crippen LogP contribution in [0.4, 0.5) is 11.4 Å². The molecule has 6 aromatic rings. The summed E-state index contributed by atoms with van der Waals surface area (Å²) in [7, 11) is 3.44. The van der Waals surface area contributed by atoms with E-state index in [0.717, 1.165) is 59.9 Å². The minimum absolute atomic E-state index is 0. The van der Waals surface area contributed by atoms with Gasteiger partial charge in [-0.2, -0.15) is 15.5 Å². The second-order valence-electron chi connectivity index (χ2n) is 14.4. The molecule has 0 spiro atoms. The van der Waals surface area contributed by atoms with E-state index in [0.29, 0.717) is 23.4 Å². The van der Waals surface area contributed by atoms with E-state index in [4.69, 9.17) is 55.2 Å². The molecular formula is C41H50Cl3Cs2N11O5. The van der Waals surface area contributed by atoms with E-state index in [9.17, 15) is 9.59 Å². The number of fused-ring (bicyclic) bond motifs is 4. The van der Waals surface area contributed by atoms with Gasteiger partial charge in [0.25, 0.3) is 17.6 Å². The van der Waals surface area contributed by atoms with Crippen LogP contribution in [0.25, 0.3) is 11.0 Å². The summed E-state index contributed by atoms with van der Waals surface area (Å²) >= 11 is 17.7. The summed E-state index contributed by atoms with van der Waals surface area (Å²) in [6.45, 7) is 12.0. The van der Waals surface area contributed by atoms with E-state index >= 15 is 0 Å². The number of carbonyl (C=O) groups excluding carboxylic acids is 1. The summed E-state index contributed by atoms with van der Waals surface area (Å²) in [5.74, 6) is 3.47. The molecule has 0 unspecified atom stereocenters. The van der Waals surface area contributed by atoms with Gasteiger partial charge >= 0.3 is 138 Å². The average molecular weight is 1150 g/mol. The van der Waals surface area contributed by atoms with E-state index in [1.165, 1.54) is 40.4 Å². The van der Waals surface area contributed by atoms with Crippen LogP contribution in [0.5, 0.6) is 0 Å². The zero-order valence-electron chi connectivity index (χ0n) is 37.7. The van der Waals surface area contributed by atoms with Crippen molar-refractivity contribution in [2.45, 2.75) is 84.6 Å². The van der Waals surface area contributed by atoms with E-state index in [1.54, 1.807) is 46.2 Å². The topological polar surface area (TPSA) is 193 Å². The second-order valence-corrected chi connectivity index (χ2v) is 15.5. The number of aromatic nitrogens is 8. The van der Waals surface area contributed by atoms with Crippen LogP contribution in [0, 0.1) is 11.3 Å². The van der Waals surface area contributed by atoms with E-state index in [2.05, 4.69) is 56.2 Å². The van der Waals surface area contributed by atoms with Gasteiger partial charge in [0.15, 0.2) is 16.9 Å². The van der Waals surface area contributed by atoms with Crippen molar-refractivity contribution < 1.29 is 154 Å². The third-order valence-electron chi connectivity index (χ3n) is 9.57. The fourth-order valence-corrected chi connectivity index (χ4v) is 7.25. The number of alkyl halides is 1. The van der Waals surface area contributed by atoms with Crippen LogP contribution < -0.4 is 164 Å². The number of imidazole rings is 2. The van der Waals surface area contributed by atoms with Crippen molar-refractivity contribution in [3.05, 3.63) is 114 Å². The molecule has 0 fully saturated rings. The first-order chi connectivity index (χ1) is 28.7. The predicted octanol–water partition coefficient (Wildman–Crippen LogP) is 0.231. The molecule has 0 bridgehead atoms. The normalized spacial score (nSPS) is 12.2. The van der Waals surface area contributed by atoms with E-state index in [-0.39, 0.29) is 175 Å². The molecule has 6 heterocycles. The molecule has 4 aromatic heterocycles. The summed E-state index contributed by atoms with van der Waals surface area (Å²) in [5, 5.41) is 29.8. The molecule has 2 aliphatic heterocycles. The molecule has 8 rings (SSSR count). The molecule has 0 aliphatic carbocycles. The second kappa shape index (κ2) is 28.0. The third kappa shape index (κ3) is 14.8. The zero-order chi connectivity index (χ0) is 44.1. The van der Waals surface area contributed by atoms with Crippen molar-refractivity contribution in [1.29, 1.82) is 5.26 Å². The van der Waals surface area contributed by atoms with E-state index in [1.807, 2.05) is 38.1 Å². The van der Waals surface area contributed by atoms with Gasteiger partial charge in [-0.05, 0) is 73.2 Å². The standard InChI is InChI=1S/C19H22ClN5O.C10H13ClN4O.C9H10ClN.C2H3N.CH2O3.2Cs.H/c1-12(2)18-21-10-16-19(26)23(3)17(22-25(16)18)11-24-8-4-5-13-9-14(20)6-7-15(13)24;1-6(2)9-12-5-7-10(16)14(3)8(4-11)13-15(7)9;10-8-3-4-9-7(6-8)2-1-5-11-9;1-2-3;2-1-4-3;;;/h6-7,9-10,12H,4-5,8,11H2,1-3H3;5-6H,4H2,1-3H3;3-4,6,11H,1-2,5H2;1H3;1,3H;;;/q;;;;;2*+1;-1/p-1. The van der Waals surface area contributed by atoms with Gasteiger partial charge in [-0.25, -0.2) is 19.0 Å². The summed E-state index contributed by atoms with van der Waals surface area (Å²) < 4.78 is 6.37. The Morgan fingerprint density at radius 3 is 1.87 bits per heavy atom. The molecule has 2 aromatic carbocycles. The number of rotatable bonds is 6. The number of hydrogen-bond donors (Lipinski definition) is 1. The Labute approximate surface area is 494 Å². The van der Waals surface area contributed by atoms with Crippen LogP contribution in [0.15, 0.2) is 58.4 Å². The number of halogens is 3. The smallest absolute Gasteiger partial charge is 1.00 e. The van der Waals surface area contributed by atoms with Crippen LogP contribution >= 0.6 is 34.8 Å². The van der Waals surface area contributed by atoms with Crippen molar-refractivity contribution >= 4 is 63.7 Å². The molecule has 1 N–H and O–H groups in total. The summed E-state index contributed by atoms with van der Waals surface area (Å²) in [5.41, 5.74) is 5.84. The van der Waals surface area contributed by atoms with Gasteiger partial charge in [0.05, 0.1) is 30.9 Å². The van der Waals surface area contributed by atoms with Crippen molar-refractivity contribution in [2.75, 3.05) is 23.3 Å². The monoisotopic (exact) mass is 1150 g/mol. The number of benzene rings is 2. The SMILES string of the molecule is CC#N.CC(C)c1ncc2c(=O)n(C)c(CCl)nn12.CC(C)c1ncc2c(=O)n(C)c(CN3CCCc4cc(Cl)ccc43)nn12.Clc1ccc2c(c1)CCCN2.O=CO[O-].[Cs+].[Cs+].[H-]. The molecular weight excluding hydrogens is 1100 g/mol. The zero-order valence-corrected chi connectivity index (χ0v) is 51.5. The summed E-state index contributed by atoms with van der Waals surface area (Å²) in [6.07, 6.45) is 7.63. The molecule has 62 heavy (non-hydrogen) atoms.